The van der Waals surface area contributed by atoms with Gasteiger partial charge in [-0.15, -0.1) is 5.10 Å². The number of carbonyl (C=O) groups excluding carboxylic acids is 2. The lowest BCUT2D eigenvalue weighted by Gasteiger charge is -2.31. The van der Waals surface area contributed by atoms with Crippen LogP contribution in [0, 0.1) is 0 Å². The summed E-state index contributed by atoms with van der Waals surface area (Å²) in [5, 5.41) is 10.4. The molecule has 1 saturated heterocycles. The molecule has 21 heavy (non-hydrogen) atoms. The fourth-order valence-corrected chi connectivity index (χ4v) is 2.04. The van der Waals surface area contributed by atoms with Gasteiger partial charge in [0.05, 0.1) is 32.0 Å². The van der Waals surface area contributed by atoms with Crippen LogP contribution in [-0.4, -0.2) is 64.1 Å². The second-order valence-electron chi connectivity index (χ2n) is 4.91. The smallest absolute Gasteiger partial charge is 0.244 e. The molecule has 3 N–H and O–H groups in total. The van der Waals surface area contributed by atoms with E-state index < -0.39 is 0 Å². The minimum absolute atomic E-state index is 0.0207. The number of hydrogen-bond acceptors (Lipinski definition) is 6. The van der Waals surface area contributed by atoms with Crippen molar-refractivity contribution in [3.63, 3.8) is 0 Å². The maximum atomic E-state index is 12.1. The first-order valence-electron chi connectivity index (χ1n) is 6.83. The van der Waals surface area contributed by atoms with Crippen LogP contribution in [0.25, 0.3) is 0 Å². The monoisotopic (exact) mass is 296 g/mol. The van der Waals surface area contributed by atoms with Crippen LogP contribution in [0.5, 0.6) is 0 Å². The number of nitrogens with one attached hydrogen (secondary N) is 1. The van der Waals surface area contributed by atoms with Crippen LogP contribution >= 0.6 is 0 Å². The first-order chi connectivity index (χ1) is 10.1. The van der Waals surface area contributed by atoms with Gasteiger partial charge < -0.3 is 20.7 Å². The molecule has 0 spiro atoms. The number of aromatic nitrogens is 3. The molecule has 1 aliphatic rings. The van der Waals surface area contributed by atoms with E-state index in [0.29, 0.717) is 25.4 Å². The van der Waals surface area contributed by atoms with Crippen LogP contribution in [0.3, 0.4) is 0 Å². The van der Waals surface area contributed by atoms with Gasteiger partial charge in [-0.25, -0.2) is 4.68 Å². The maximum Gasteiger partial charge on any atom is 0.244 e. The lowest BCUT2D eigenvalue weighted by molar-refractivity contribution is -0.139. The summed E-state index contributed by atoms with van der Waals surface area (Å²) >= 11 is 0. The molecule has 1 aromatic rings. The number of amides is 2. The van der Waals surface area contributed by atoms with Crippen LogP contribution in [0.15, 0.2) is 6.20 Å². The molecule has 9 heteroatoms. The molecule has 1 unspecified atom stereocenters. The van der Waals surface area contributed by atoms with Crippen molar-refractivity contribution in [1.82, 2.24) is 25.2 Å². The Labute approximate surface area is 122 Å². The van der Waals surface area contributed by atoms with E-state index in [9.17, 15) is 9.59 Å². The Bertz CT molecular complexity index is 503. The Kier molecular flexibility index (Phi) is 5.23. The highest BCUT2D eigenvalue weighted by Crippen LogP contribution is 2.05. The highest BCUT2D eigenvalue weighted by atomic mass is 16.5. The summed E-state index contributed by atoms with van der Waals surface area (Å²) in [7, 11) is 0. The van der Waals surface area contributed by atoms with Crippen molar-refractivity contribution in [1.29, 1.82) is 0 Å². The van der Waals surface area contributed by atoms with Crippen molar-refractivity contribution in [2.24, 2.45) is 5.73 Å². The molecule has 1 aromatic heterocycles. The molecule has 0 saturated carbocycles. The van der Waals surface area contributed by atoms with Gasteiger partial charge in [0.2, 0.25) is 11.8 Å². The molecule has 1 atom stereocenters. The van der Waals surface area contributed by atoms with Crippen LogP contribution < -0.4 is 11.1 Å². The first kappa shape index (κ1) is 15.4. The SMILES string of the molecule is CC1CN(C(=O)Cn2cc(CNC(=O)CN)nn2)CCO1. The zero-order valence-electron chi connectivity index (χ0n) is 12.0. The predicted molar refractivity (Wildman–Crippen MR) is 72.9 cm³/mol. The van der Waals surface area contributed by atoms with E-state index in [2.05, 4.69) is 15.6 Å². The Morgan fingerprint density at radius 3 is 3.10 bits per heavy atom. The molecule has 1 aliphatic heterocycles. The van der Waals surface area contributed by atoms with Crippen molar-refractivity contribution < 1.29 is 14.3 Å². The van der Waals surface area contributed by atoms with Crippen molar-refractivity contribution in [2.45, 2.75) is 26.1 Å². The molecular weight excluding hydrogens is 276 g/mol. The number of ether oxygens (including phenoxy) is 1. The zero-order valence-corrected chi connectivity index (χ0v) is 12.0. The van der Waals surface area contributed by atoms with Gasteiger partial charge in [0, 0.05) is 13.1 Å². The molecule has 2 amide bonds. The Morgan fingerprint density at radius 1 is 1.57 bits per heavy atom. The fourth-order valence-electron chi connectivity index (χ4n) is 2.04. The first-order valence-corrected chi connectivity index (χ1v) is 6.83. The lowest BCUT2D eigenvalue weighted by atomic mass is 10.3. The number of carbonyl (C=O) groups is 2. The van der Waals surface area contributed by atoms with Gasteiger partial charge in [-0.05, 0) is 6.92 Å². The quantitative estimate of drug-likeness (QED) is 0.656. The summed E-state index contributed by atoms with van der Waals surface area (Å²) in [5.41, 5.74) is 5.77. The fraction of sp³-hybridized carbons (Fsp3) is 0.667. The third-order valence-electron chi connectivity index (χ3n) is 3.13. The largest absolute Gasteiger partial charge is 0.375 e. The van der Waals surface area contributed by atoms with Crippen molar-refractivity contribution in [3.05, 3.63) is 11.9 Å². The van der Waals surface area contributed by atoms with Gasteiger partial charge >= 0.3 is 0 Å². The molecule has 2 heterocycles. The van der Waals surface area contributed by atoms with E-state index in [1.54, 1.807) is 11.1 Å². The number of hydrogen-bond donors (Lipinski definition) is 2. The van der Waals surface area contributed by atoms with Gasteiger partial charge in [-0.2, -0.15) is 0 Å². The van der Waals surface area contributed by atoms with E-state index >= 15 is 0 Å². The van der Waals surface area contributed by atoms with E-state index in [1.807, 2.05) is 6.92 Å². The van der Waals surface area contributed by atoms with Crippen LogP contribution in [0.4, 0.5) is 0 Å². The number of nitrogens with zero attached hydrogens (tertiary/aromatic N) is 4. The van der Waals surface area contributed by atoms with E-state index in [1.165, 1.54) is 4.68 Å². The summed E-state index contributed by atoms with van der Waals surface area (Å²) in [5.74, 6) is -0.282. The van der Waals surface area contributed by atoms with Crippen molar-refractivity contribution in [3.8, 4) is 0 Å². The predicted octanol–water partition coefficient (Wildman–Crippen LogP) is -1.90. The molecule has 0 bridgehead atoms. The maximum absolute atomic E-state index is 12.1. The van der Waals surface area contributed by atoms with Gasteiger partial charge in [-0.1, -0.05) is 5.21 Å². The molecule has 2 rings (SSSR count). The van der Waals surface area contributed by atoms with Gasteiger partial charge in [0.15, 0.2) is 0 Å². The molecule has 9 nitrogen and oxygen atoms in total. The normalized spacial score (nSPS) is 18.6. The number of nitrogens with two attached hydrogens (primary N) is 1. The van der Waals surface area contributed by atoms with Gasteiger partial charge in [0.1, 0.15) is 12.2 Å². The van der Waals surface area contributed by atoms with Crippen molar-refractivity contribution >= 4 is 11.8 Å². The van der Waals surface area contributed by atoms with Crippen molar-refractivity contribution in [2.75, 3.05) is 26.2 Å². The average molecular weight is 296 g/mol. The van der Waals surface area contributed by atoms with Gasteiger partial charge in [-0.3, -0.25) is 9.59 Å². The second kappa shape index (κ2) is 7.14. The van der Waals surface area contributed by atoms with Crippen LogP contribution in [-0.2, 0) is 27.4 Å². The third-order valence-corrected chi connectivity index (χ3v) is 3.13. The lowest BCUT2D eigenvalue weighted by Crippen LogP contribution is -2.45. The minimum atomic E-state index is -0.261. The Hall–Kier alpha value is -2.00. The van der Waals surface area contributed by atoms with Gasteiger partial charge in [0.25, 0.3) is 0 Å². The van der Waals surface area contributed by atoms with E-state index in [4.69, 9.17) is 10.5 Å². The standard InChI is InChI=1S/C12H20N6O3/c1-9-6-17(2-3-21-9)12(20)8-18-7-10(15-16-18)5-14-11(19)4-13/h7,9H,2-6,8,13H2,1H3,(H,14,19). The molecule has 0 aliphatic carbocycles. The molecular formula is C12H20N6O3. The van der Waals surface area contributed by atoms with Crippen LogP contribution in [0.2, 0.25) is 0 Å². The number of morpholine rings is 1. The van der Waals surface area contributed by atoms with Crippen LogP contribution in [0.1, 0.15) is 12.6 Å². The Morgan fingerprint density at radius 2 is 2.38 bits per heavy atom. The van der Waals surface area contributed by atoms with E-state index in [-0.39, 0.29) is 37.6 Å². The second-order valence-corrected chi connectivity index (χ2v) is 4.91. The summed E-state index contributed by atoms with van der Waals surface area (Å²) < 4.78 is 6.86. The zero-order chi connectivity index (χ0) is 15.2. The summed E-state index contributed by atoms with van der Waals surface area (Å²) in [6.07, 6.45) is 1.69. The molecule has 1 fully saturated rings. The highest BCUT2D eigenvalue weighted by molar-refractivity contribution is 5.77. The topological polar surface area (TPSA) is 115 Å². The third kappa shape index (κ3) is 4.50. The summed E-state index contributed by atoms with van der Waals surface area (Å²) in [6, 6.07) is 0. The highest BCUT2D eigenvalue weighted by Gasteiger charge is 2.21. The number of rotatable bonds is 5. The van der Waals surface area contributed by atoms with E-state index in [0.717, 1.165) is 0 Å². The minimum Gasteiger partial charge on any atom is -0.375 e. The average Bonchev–Trinajstić information content (AvgIpc) is 2.92. The molecule has 0 radical (unpaired) electrons. The summed E-state index contributed by atoms with van der Waals surface area (Å²) in [6.45, 7) is 3.99. The summed E-state index contributed by atoms with van der Waals surface area (Å²) in [4.78, 5) is 24.9. The molecule has 0 aromatic carbocycles. The Balaban J connectivity index is 1.84. The molecule has 116 valence electrons.